The fourth-order valence-electron chi connectivity index (χ4n) is 2.44. The third-order valence-electron chi connectivity index (χ3n) is 3.94. The number of aryl methyl sites for hydroxylation is 2. The van der Waals surface area contributed by atoms with E-state index in [0.29, 0.717) is 25.4 Å². The third kappa shape index (κ3) is 4.10. The molecule has 0 atom stereocenters. The van der Waals surface area contributed by atoms with E-state index in [0.717, 1.165) is 16.3 Å². The van der Waals surface area contributed by atoms with Crippen molar-refractivity contribution in [2.75, 3.05) is 13.1 Å². The molecule has 2 aromatic rings. The van der Waals surface area contributed by atoms with Crippen LogP contribution in [0.3, 0.4) is 0 Å². The first-order chi connectivity index (χ1) is 11.0. The van der Waals surface area contributed by atoms with Crippen LogP contribution in [0.15, 0.2) is 17.5 Å². The molecular weight excluding hydrogens is 308 g/mol. The molecule has 23 heavy (non-hydrogen) atoms. The maximum absolute atomic E-state index is 12.3. The number of carbonyl (C=O) groups is 1. The number of aromatic nitrogens is 1. The SMILES string of the molecule is CCN(CC)C(=O)c1csc(COc2cc(C)cc(C)c2C)n1. The molecule has 1 aromatic heterocycles. The molecule has 4 nitrogen and oxygen atoms in total. The van der Waals surface area contributed by atoms with Crippen molar-refractivity contribution in [3.05, 3.63) is 44.9 Å². The fourth-order valence-corrected chi connectivity index (χ4v) is 3.12. The number of ether oxygens (including phenoxy) is 1. The van der Waals surface area contributed by atoms with Gasteiger partial charge in [-0.1, -0.05) is 6.07 Å². The smallest absolute Gasteiger partial charge is 0.273 e. The molecule has 0 unspecified atom stereocenters. The zero-order valence-electron chi connectivity index (χ0n) is 14.5. The predicted octanol–water partition coefficient (Wildman–Crippen LogP) is 4.13. The zero-order valence-corrected chi connectivity index (χ0v) is 15.3. The van der Waals surface area contributed by atoms with Gasteiger partial charge in [-0.15, -0.1) is 11.3 Å². The van der Waals surface area contributed by atoms with Crippen LogP contribution >= 0.6 is 11.3 Å². The number of hydrogen-bond acceptors (Lipinski definition) is 4. The van der Waals surface area contributed by atoms with Crippen molar-refractivity contribution in [3.63, 3.8) is 0 Å². The first-order valence-electron chi connectivity index (χ1n) is 7.90. The van der Waals surface area contributed by atoms with Crippen LogP contribution in [0.25, 0.3) is 0 Å². The molecule has 0 saturated heterocycles. The molecule has 0 fully saturated rings. The summed E-state index contributed by atoms with van der Waals surface area (Å²) >= 11 is 1.47. The average Bonchev–Trinajstić information content (AvgIpc) is 2.99. The summed E-state index contributed by atoms with van der Waals surface area (Å²) in [6.45, 7) is 11.9. The molecule has 0 aliphatic rings. The number of amides is 1. The molecule has 2 rings (SSSR count). The Kier molecular flexibility index (Phi) is 5.77. The van der Waals surface area contributed by atoms with Crippen molar-refractivity contribution in [1.82, 2.24) is 9.88 Å². The van der Waals surface area contributed by atoms with Crippen molar-refractivity contribution >= 4 is 17.2 Å². The molecule has 0 N–H and O–H groups in total. The van der Waals surface area contributed by atoms with Crippen LogP contribution in [0.2, 0.25) is 0 Å². The number of thiazole rings is 1. The van der Waals surface area contributed by atoms with E-state index in [1.807, 2.05) is 25.3 Å². The summed E-state index contributed by atoms with van der Waals surface area (Å²) in [5, 5.41) is 2.63. The molecule has 0 aliphatic heterocycles. The number of carbonyl (C=O) groups excluding carboxylic acids is 1. The normalized spacial score (nSPS) is 10.7. The topological polar surface area (TPSA) is 42.4 Å². The van der Waals surface area contributed by atoms with Gasteiger partial charge in [0.05, 0.1) is 0 Å². The Morgan fingerprint density at radius 1 is 1.22 bits per heavy atom. The summed E-state index contributed by atoms with van der Waals surface area (Å²) in [6, 6.07) is 4.18. The average molecular weight is 332 g/mol. The highest BCUT2D eigenvalue weighted by Crippen LogP contribution is 2.24. The van der Waals surface area contributed by atoms with Crippen LogP contribution in [0, 0.1) is 20.8 Å². The number of nitrogens with zero attached hydrogens (tertiary/aromatic N) is 2. The summed E-state index contributed by atoms with van der Waals surface area (Å²) in [5.74, 6) is 0.870. The summed E-state index contributed by atoms with van der Waals surface area (Å²) in [7, 11) is 0. The van der Waals surface area contributed by atoms with E-state index in [1.165, 1.54) is 22.5 Å². The van der Waals surface area contributed by atoms with Crippen molar-refractivity contribution in [1.29, 1.82) is 0 Å². The van der Waals surface area contributed by atoms with Gasteiger partial charge in [-0.3, -0.25) is 4.79 Å². The maximum Gasteiger partial charge on any atom is 0.273 e. The van der Waals surface area contributed by atoms with Gasteiger partial charge in [-0.05, 0) is 57.4 Å². The van der Waals surface area contributed by atoms with Crippen molar-refractivity contribution in [2.24, 2.45) is 0 Å². The van der Waals surface area contributed by atoms with Crippen molar-refractivity contribution in [2.45, 2.75) is 41.2 Å². The third-order valence-corrected chi connectivity index (χ3v) is 4.76. The fraction of sp³-hybridized carbons (Fsp3) is 0.444. The van der Waals surface area contributed by atoms with E-state index in [4.69, 9.17) is 4.74 Å². The van der Waals surface area contributed by atoms with Crippen LogP contribution in [-0.4, -0.2) is 28.9 Å². The molecule has 0 radical (unpaired) electrons. The van der Waals surface area contributed by atoms with Crippen LogP contribution in [0.1, 0.15) is 46.0 Å². The monoisotopic (exact) mass is 332 g/mol. The first-order valence-corrected chi connectivity index (χ1v) is 8.78. The van der Waals surface area contributed by atoms with Crippen molar-refractivity contribution in [3.8, 4) is 5.75 Å². The van der Waals surface area contributed by atoms with Gasteiger partial charge < -0.3 is 9.64 Å². The molecule has 0 spiro atoms. The van der Waals surface area contributed by atoms with Gasteiger partial charge in [-0.2, -0.15) is 0 Å². The molecule has 5 heteroatoms. The van der Waals surface area contributed by atoms with E-state index >= 15 is 0 Å². The lowest BCUT2D eigenvalue weighted by atomic mass is 10.1. The molecular formula is C18H24N2O2S. The number of hydrogen-bond donors (Lipinski definition) is 0. The minimum Gasteiger partial charge on any atom is -0.486 e. The van der Waals surface area contributed by atoms with E-state index < -0.39 is 0 Å². The Morgan fingerprint density at radius 3 is 2.57 bits per heavy atom. The van der Waals surface area contributed by atoms with E-state index in [9.17, 15) is 4.79 Å². The lowest BCUT2D eigenvalue weighted by Crippen LogP contribution is -2.30. The molecule has 0 saturated carbocycles. The van der Waals surface area contributed by atoms with Crippen LogP contribution < -0.4 is 4.74 Å². The van der Waals surface area contributed by atoms with Crippen molar-refractivity contribution < 1.29 is 9.53 Å². The zero-order chi connectivity index (χ0) is 17.0. The minimum absolute atomic E-state index is 0.0138. The van der Waals surface area contributed by atoms with Crippen LogP contribution in [0.4, 0.5) is 0 Å². The van der Waals surface area contributed by atoms with E-state index in [1.54, 1.807) is 4.90 Å². The van der Waals surface area contributed by atoms with Gasteiger partial charge in [0.1, 0.15) is 23.1 Å². The Labute approximate surface area is 142 Å². The molecule has 1 amide bonds. The summed E-state index contributed by atoms with van der Waals surface area (Å²) in [5.41, 5.74) is 4.05. The molecule has 1 aromatic carbocycles. The van der Waals surface area contributed by atoms with Gasteiger partial charge >= 0.3 is 0 Å². The Bertz CT molecular complexity index is 690. The van der Waals surface area contributed by atoms with Crippen LogP contribution in [0.5, 0.6) is 5.75 Å². The van der Waals surface area contributed by atoms with E-state index in [2.05, 4.69) is 31.8 Å². The second-order valence-corrected chi connectivity index (χ2v) is 6.54. The Hall–Kier alpha value is -1.88. The highest BCUT2D eigenvalue weighted by atomic mass is 32.1. The molecule has 0 bridgehead atoms. The van der Waals surface area contributed by atoms with Gasteiger partial charge in [0.15, 0.2) is 0 Å². The van der Waals surface area contributed by atoms with Crippen LogP contribution in [-0.2, 0) is 6.61 Å². The summed E-state index contributed by atoms with van der Waals surface area (Å²) < 4.78 is 5.91. The van der Waals surface area contributed by atoms with Gasteiger partial charge in [0.2, 0.25) is 0 Å². The standard InChI is InChI=1S/C18H24N2O2S/c1-6-20(7-2)18(21)15-11-23-17(19-15)10-22-16-9-12(3)8-13(4)14(16)5/h8-9,11H,6-7,10H2,1-5H3. The summed E-state index contributed by atoms with van der Waals surface area (Å²) in [4.78, 5) is 18.5. The maximum atomic E-state index is 12.3. The second-order valence-electron chi connectivity index (χ2n) is 5.60. The number of rotatable bonds is 6. The van der Waals surface area contributed by atoms with E-state index in [-0.39, 0.29) is 5.91 Å². The largest absolute Gasteiger partial charge is 0.486 e. The molecule has 124 valence electrons. The highest BCUT2D eigenvalue weighted by molar-refractivity contribution is 7.09. The van der Waals surface area contributed by atoms with Gasteiger partial charge in [0.25, 0.3) is 5.91 Å². The van der Waals surface area contributed by atoms with Gasteiger partial charge in [-0.25, -0.2) is 4.98 Å². The Morgan fingerprint density at radius 2 is 1.91 bits per heavy atom. The molecule has 0 aliphatic carbocycles. The first kappa shape index (κ1) is 17.5. The predicted molar refractivity (Wildman–Crippen MR) is 94.4 cm³/mol. The Balaban J connectivity index is 2.07. The number of benzene rings is 1. The quantitative estimate of drug-likeness (QED) is 0.799. The lowest BCUT2D eigenvalue weighted by molar-refractivity contribution is 0.0767. The molecule has 1 heterocycles. The second kappa shape index (κ2) is 7.59. The minimum atomic E-state index is -0.0138. The highest BCUT2D eigenvalue weighted by Gasteiger charge is 2.16. The van der Waals surface area contributed by atoms with Gasteiger partial charge in [0, 0.05) is 18.5 Å². The summed E-state index contributed by atoms with van der Waals surface area (Å²) in [6.07, 6.45) is 0. The lowest BCUT2D eigenvalue weighted by Gasteiger charge is -2.16.